The van der Waals surface area contributed by atoms with Crippen molar-refractivity contribution < 1.29 is 4.74 Å². The summed E-state index contributed by atoms with van der Waals surface area (Å²) in [6.07, 6.45) is 9.81. The predicted molar refractivity (Wildman–Crippen MR) is 59.0 cm³/mol. The van der Waals surface area contributed by atoms with E-state index < -0.39 is 0 Å². The predicted octanol–water partition coefficient (Wildman–Crippen LogP) is 3.94. The fourth-order valence-corrected chi connectivity index (χ4v) is 1.47. The minimum Gasteiger partial charge on any atom is -0.378 e. The summed E-state index contributed by atoms with van der Waals surface area (Å²) in [7, 11) is 0. The molecule has 0 amide bonds. The van der Waals surface area contributed by atoms with Crippen LogP contribution >= 0.6 is 0 Å². The monoisotopic (exact) mass is 184 g/mol. The third-order valence-electron chi connectivity index (χ3n) is 2.22. The molecule has 0 aromatic rings. The van der Waals surface area contributed by atoms with Gasteiger partial charge in [0.25, 0.3) is 0 Å². The SMILES string of the molecule is C=CCCC(CCCCC)OCC. The lowest BCUT2D eigenvalue weighted by Crippen LogP contribution is -2.12. The van der Waals surface area contributed by atoms with Gasteiger partial charge in [0.2, 0.25) is 0 Å². The van der Waals surface area contributed by atoms with E-state index in [2.05, 4.69) is 20.4 Å². The second kappa shape index (κ2) is 9.79. The zero-order chi connectivity index (χ0) is 9.94. The summed E-state index contributed by atoms with van der Waals surface area (Å²) >= 11 is 0. The van der Waals surface area contributed by atoms with E-state index in [1.54, 1.807) is 0 Å². The lowest BCUT2D eigenvalue weighted by atomic mass is 10.1. The van der Waals surface area contributed by atoms with Gasteiger partial charge in [0.1, 0.15) is 0 Å². The van der Waals surface area contributed by atoms with E-state index in [4.69, 9.17) is 4.74 Å². The highest BCUT2D eigenvalue weighted by Crippen LogP contribution is 2.12. The normalized spacial score (nSPS) is 12.8. The van der Waals surface area contributed by atoms with E-state index in [0.29, 0.717) is 6.10 Å². The van der Waals surface area contributed by atoms with Crippen LogP contribution in [0.1, 0.15) is 52.4 Å². The highest BCUT2D eigenvalue weighted by molar-refractivity contribution is 4.70. The van der Waals surface area contributed by atoms with Crippen LogP contribution in [-0.4, -0.2) is 12.7 Å². The van der Waals surface area contributed by atoms with Gasteiger partial charge in [0.15, 0.2) is 0 Å². The van der Waals surface area contributed by atoms with Crippen LogP contribution in [0.15, 0.2) is 12.7 Å². The van der Waals surface area contributed by atoms with Crippen molar-refractivity contribution in [3.8, 4) is 0 Å². The molecular formula is C12H24O. The molecule has 0 radical (unpaired) electrons. The highest BCUT2D eigenvalue weighted by atomic mass is 16.5. The topological polar surface area (TPSA) is 9.23 Å². The van der Waals surface area contributed by atoms with Gasteiger partial charge >= 0.3 is 0 Å². The van der Waals surface area contributed by atoms with Crippen LogP contribution in [0, 0.1) is 0 Å². The van der Waals surface area contributed by atoms with Gasteiger partial charge in [-0.1, -0.05) is 32.3 Å². The molecule has 0 bridgehead atoms. The first-order valence-corrected chi connectivity index (χ1v) is 5.57. The molecule has 78 valence electrons. The van der Waals surface area contributed by atoms with Crippen molar-refractivity contribution >= 4 is 0 Å². The molecule has 0 saturated heterocycles. The van der Waals surface area contributed by atoms with Gasteiger partial charge < -0.3 is 4.74 Å². The zero-order valence-corrected chi connectivity index (χ0v) is 9.22. The van der Waals surface area contributed by atoms with Gasteiger partial charge in [-0.3, -0.25) is 0 Å². The van der Waals surface area contributed by atoms with Crippen molar-refractivity contribution in [3.63, 3.8) is 0 Å². The van der Waals surface area contributed by atoms with Crippen molar-refractivity contribution in [1.29, 1.82) is 0 Å². The summed E-state index contributed by atoms with van der Waals surface area (Å²) in [5.41, 5.74) is 0. The molecule has 0 aromatic carbocycles. The lowest BCUT2D eigenvalue weighted by Gasteiger charge is -2.15. The third-order valence-corrected chi connectivity index (χ3v) is 2.22. The summed E-state index contributed by atoms with van der Waals surface area (Å²) < 4.78 is 5.64. The molecule has 0 spiro atoms. The number of rotatable bonds is 9. The molecule has 0 heterocycles. The van der Waals surface area contributed by atoms with E-state index >= 15 is 0 Å². The molecule has 0 aromatic heterocycles. The van der Waals surface area contributed by atoms with E-state index in [1.165, 1.54) is 25.7 Å². The second-order valence-electron chi connectivity index (χ2n) is 3.44. The first-order chi connectivity index (χ1) is 6.35. The van der Waals surface area contributed by atoms with Crippen LogP contribution < -0.4 is 0 Å². The first-order valence-electron chi connectivity index (χ1n) is 5.57. The Labute approximate surface area is 83.2 Å². The standard InChI is InChI=1S/C12H24O/c1-4-7-9-11-12(13-6-3)10-8-5-2/h5,12H,2,4,6-11H2,1,3H3. The molecule has 1 atom stereocenters. The maximum atomic E-state index is 5.64. The molecule has 1 heteroatoms. The Balaban J connectivity index is 3.46. The van der Waals surface area contributed by atoms with Crippen LogP contribution in [0.2, 0.25) is 0 Å². The Hall–Kier alpha value is -0.300. The highest BCUT2D eigenvalue weighted by Gasteiger charge is 2.05. The molecule has 0 aliphatic carbocycles. The van der Waals surface area contributed by atoms with E-state index in [9.17, 15) is 0 Å². The maximum absolute atomic E-state index is 5.64. The quantitative estimate of drug-likeness (QED) is 0.389. The largest absolute Gasteiger partial charge is 0.378 e. The van der Waals surface area contributed by atoms with Gasteiger partial charge in [-0.15, -0.1) is 6.58 Å². The first kappa shape index (κ1) is 12.7. The fraction of sp³-hybridized carbons (Fsp3) is 0.833. The van der Waals surface area contributed by atoms with Gasteiger partial charge in [0.05, 0.1) is 6.10 Å². The van der Waals surface area contributed by atoms with Crippen molar-refractivity contribution in [3.05, 3.63) is 12.7 Å². The Bertz CT molecular complexity index is 110. The smallest absolute Gasteiger partial charge is 0.0578 e. The van der Waals surface area contributed by atoms with Crippen LogP contribution in [-0.2, 0) is 4.74 Å². The average molecular weight is 184 g/mol. The summed E-state index contributed by atoms with van der Waals surface area (Å²) in [4.78, 5) is 0. The van der Waals surface area contributed by atoms with Crippen molar-refractivity contribution in [2.75, 3.05) is 6.61 Å². The number of hydrogen-bond acceptors (Lipinski definition) is 1. The minimum atomic E-state index is 0.467. The van der Waals surface area contributed by atoms with Crippen LogP contribution in [0.25, 0.3) is 0 Å². The van der Waals surface area contributed by atoms with E-state index in [0.717, 1.165) is 19.4 Å². The molecule has 13 heavy (non-hydrogen) atoms. The van der Waals surface area contributed by atoms with Crippen molar-refractivity contribution in [1.82, 2.24) is 0 Å². The summed E-state index contributed by atoms with van der Waals surface area (Å²) in [5, 5.41) is 0. The zero-order valence-electron chi connectivity index (χ0n) is 9.22. The molecule has 0 aliphatic rings. The second-order valence-corrected chi connectivity index (χ2v) is 3.44. The number of ether oxygens (including phenoxy) is 1. The fourth-order valence-electron chi connectivity index (χ4n) is 1.47. The molecule has 0 saturated carbocycles. The van der Waals surface area contributed by atoms with Gasteiger partial charge in [-0.25, -0.2) is 0 Å². The van der Waals surface area contributed by atoms with Crippen LogP contribution in [0.4, 0.5) is 0 Å². The maximum Gasteiger partial charge on any atom is 0.0578 e. The molecular weight excluding hydrogens is 160 g/mol. The molecule has 0 aliphatic heterocycles. The van der Waals surface area contributed by atoms with E-state index in [1.807, 2.05) is 6.08 Å². The third kappa shape index (κ3) is 8.04. The summed E-state index contributed by atoms with van der Waals surface area (Å²) in [5.74, 6) is 0. The van der Waals surface area contributed by atoms with Crippen molar-refractivity contribution in [2.24, 2.45) is 0 Å². The van der Waals surface area contributed by atoms with E-state index in [-0.39, 0.29) is 0 Å². The molecule has 1 unspecified atom stereocenters. The molecule has 0 N–H and O–H groups in total. The van der Waals surface area contributed by atoms with Crippen LogP contribution in [0.5, 0.6) is 0 Å². The molecule has 0 fully saturated rings. The number of allylic oxidation sites excluding steroid dienone is 1. The summed E-state index contributed by atoms with van der Waals surface area (Å²) in [6.45, 7) is 8.88. The Kier molecular flexibility index (Phi) is 9.56. The Morgan fingerprint density at radius 1 is 1.23 bits per heavy atom. The van der Waals surface area contributed by atoms with Crippen LogP contribution in [0.3, 0.4) is 0 Å². The number of hydrogen-bond donors (Lipinski definition) is 0. The Morgan fingerprint density at radius 2 is 2.00 bits per heavy atom. The lowest BCUT2D eigenvalue weighted by molar-refractivity contribution is 0.0497. The number of unbranched alkanes of at least 4 members (excludes halogenated alkanes) is 2. The summed E-state index contributed by atoms with van der Waals surface area (Å²) in [6, 6.07) is 0. The minimum absolute atomic E-state index is 0.467. The van der Waals surface area contributed by atoms with Gasteiger partial charge in [0, 0.05) is 6.61 Å². The van der Waals surface area contributed by atoms with Crippen molar-refractivity contribution in [2.45, 2.75) is 58.5 Å². The van der Waals surface area contributed by atoms with Gasteiger partial charge in [-0.2, -0.15) is 0 Å². The Morgan fingerprint density at radius 3 is 2.54 bits per heavy atom. The van der Waals surface area contributed by atoms with Gasteiger partial charge in [-0.05, 0) is 26.2 Å². The average Bonchev–Trinajstić information content (AvgIpc) is 2.14. The molecule has 0 rings (SSSR count). The molecule has 1 nitrogen and oxygen atoms in total.